The number of aromatic amines is 1. The van der Waals surface area contributed by atoms with Gasteiger partial charge in [-0.3, -0.25) is 9.59 Å². The number of nitrogens with one attached hydrogen (secondary N) is 1. The zero-order chi connectivity index (χ0) is 16.4. The number of nitrogens with zero attached hydrogens (tertiary/aromatic N) is 1. The highest BCUT2D eigenvalue weighted by Crippen LogP contribution is 2.19. The maximum absolute atomic E-state index is 13.3. The van der Waals surface area contributed by atoms with Crippen molar-refractivity contribution in [2.75, 3.05) is 6.54 Å². The van der Waals surface area contributed by atoms with Crippen LogP contribution in [0.5, 0.6) is 0 Å². The van der Waals surface area contributed by atoms with Crippen molar-refractivity contribution in [3.05, 3.63) is 46.0 Å². The first-order valence-corrected chi connectivity index (χ1v) is 7.11. The Morgan fingerprint density at radius 3 is 2.59 bits per heavy atom. The molecule has 1 unspecified atom stereocenters. The normalized spacial score (nSPS) is 12.6. The topological polar surface area (TPSA) is 73.4 Å². The molecule has 1 aromatic carbocycles. The van der Waals surface area contributed by atoms with Crippen LogP contribution in [0.15, 0.2) is 29.1 Å². The number of hydrogen-bond donors (Lipinski definition) is 2. The van der Waals surface area contributed by atoms with E-state index in [1.54, 1.807) is 6.92 Å². The lowest BCUT2D eigenvalue weighted by molar-refractivity contribution is 0.0580. The van der Waals surface area contributed by atoms with Gasteiger partial charge in [-0.2, -0.15) is 0 Å². The molecule has 1 atom stereocenters. The SMILES string of the molecule is CC(O)CN(C(=O)c1cc(=O)[nH]c2cc(F)ccc12)C(C)C. The number of rotatable bonds is 4. The third kappa shape index (κ3) is 3.33. The maximum Gasteiger partial charge on any atom is 0.255 e. The molecule has 0 aliphatic carbocycles. The molecule has 0 fully saturated rings. The van der Waals surface area contributed by atoms with Crippen LogP contribution in [0, 0.1) is 5.82 Å². The van der Waals surface area contributed by atoms with Gasteiger partial charge in [-0.05, 0) is 39.0 Å². The van der Waals surface area contributed by atoms with Gasteiger partial charge in [0.15, 0.2) is 0 Å². The van der Waals surface area contributed by atoms with Gasteiger partial charge in [-0.25, -0.2) is 4.39 Å². The van der Waals surface area contributed by atoms with Gasteiger partial charge in [0, 0.05) is 24.0 Å². The highest BCUT2D eigenvalue weighted by molar-refractivity contribution is 6.06. The molecule has 1 amide bonds. The minimum atomic E-state index is -0.683. The average Bonchev–Trinajstić information content (AvgIpc) is 2.42. The van der Waals surface area contributed by atoms with E-state index in [9.17, 15) is 19.1 Å². The van der Waals surface area contributed by atoms with Gasteiger partial charge in [0.05, 0.1) is 17.2 Å². The minimum absolute atomic E-state index is 0.142. The van der Waals surface area contributed by atoms with Crippen molar-refractivity contribution in [3.63, 3.8) is 0 Å². The first kappa shape index (κ1) is 16.2. The summed E-state index contributed by atoms with van der Waals surface area (Å²) in [6, 6.07) is 4.96. The van der Waals surface area contributed by atoms with Crippen molar-refractivity contribution >= 4 is 16.8 Å². The number of benzene rings is 1. The lowest BCUT2D eigenvalue weighted by Gasteiger charge is -2.28. The standard InChI is InChI=1S/C16H19FN2O3/c1-9(2)19(8-10(3)20)16(22)13-7-15(21)18-14-6-11(17)4-5-12(13)14/h4-7,9-10,20H,8H2,1-3H3,(H,18,21). The molecule has 0 bridgehead atoms. The minimum Gasteiger partial charge on any atom is -0.392 e. The van der Waals surface area contributed by atoms with E-state index >= 15 is 0 Å². The van der Waals surface area contributed by atoms with Crippen LogP contribution in [0.3, 0.4) is 0 Å². The van der Waals surface area contributed by atoms with E-state index in [0.717, 1.165) is 0 Å². The molecular weight excluding hydrogens is 287 g/mol. The zero-order valence-electron chi connectivity index (χ0n) is 12.8. The summed E-state index contributed by atoms with van der Waals surface area (Å²) in [5.74, 6) is -0.851. The molecular formula is C16H19FN2O3. The molecule has 0 saturated carbocycles. The number of carbonyl (C=O) groups excluding carboxylic acids is 1. The second kappa shape index (κ2) is 6.27. The predicted molar refractivity (Wildman–Crippen MR) is 82.4 cm³/mol. The maximum atomic E-state index is 13.3. The molecule has 0 spiro atoms. The van der Waals surface area contributed by atoms with Crippen molar-refractivity contribution in [1.29, 1.82) is 0 Å². The van der Waals surface area contributed by atoms with Gasteiger partial charge in [0.25, 0.3) is 5.91 Å². The molecule has 118 valence electrons. The highest BCUT2D eigenvalue weighted by atomic mass is 19.1. The summed E-state index contributed by atoms with van der Waals surface area (Å²) < 4.78 is 13.3. The lowest BCUT2D eigenvalue weighted by Crippen LogP contribution is -2.41. The van der Waals surface area contributed by atoms with E-state index in [1.165, 1.54) is 29.2 Å². The number of aromatic nitrogens is 1. The monoisotopic (exact) mass is 306 g/mol. The summed E-state index contributed by atoms with van der Waals surface area (Å²) in [5, 5.41) is 10.0. The second-order valence-electron chi connectivity index (χ2n) is 5.64. The second-order valence-corrected chi connectivity index (χ2v) is 5.64. The number of carbonyl (C=O) groups is 1. The first-order chi connectivity index (χ1) is 10.3. The fraction of sp³-hybridized carbons (Fsp3) is 0.375. The van der Waals surface area contributed by atoms with Crippen LogP contribution in [0.4, 0.5) is 4.39 Å². The van der Waals surface area contributed by atoms with Gasteiger partial charge in [0.1, 0.15) is 5.82 Å². The van der Waals surface area contributed by atoms with Crippen LogP contribution in [0.2, 0.25) is 0 Å². The van der Waals surface area contributed by atoms with Crippen LogP contribution in [-0.4, -0.2) is 39.6 Å². The van der Waals surface area contributed by atoms with Gasteiger partial charge in [0.2, 0.25) is 5.56 Å². The van der Waals surface area contributed by atoms with Gasteiger partial charge in [-0.1, -0.05) is 0 Å². The summed E-state index contributed by atoms with van der Waals surface area (Å²) in [5.41, 5.74) is 0.00639. The zero-order valence-corrected chi connectivity index (χ0v) is 12.8. The van der Waals surface area contributed by atoms with Crippen molar-refractivity contribution in [1.82, 2.24) is 9.88 Å². The van der Waals surface area contributed by atoms with E-state index < -0.39 is 17.5 Å². The molecule has 6 heteroatoms. The molecule has 22 heavy (non-hydrogen) atoms. The molecule has 1 heterocycles. The lowest BCUT2D eigenvalue weighted by atomic mass is 10.1. The van der Waals surface area contributed by atoms with Crippen LogP contribution >= 0.6 is 0 Å². The quantitative estimate of drug-likeness (QED) is 0.906. The first-order valence-electron chi connectivity index (χ1n) is 7.11. The molecule has 5 nitrogen and oxygen atoms in total. The summed E-state index contributed by atoms with van der Waals surface area (Å²) in [4.78, 5) is 28.5. The molecule has 0 radical (unpaired) electrons. The number of hydrogen-bond acceptors (Lipinski definition) is 3. The average molecular weight is 306 g/mol. The van der Waals surface area contributed by atoms with E-state index in [1.807, 2.05) is 13.8 Å². The fourth-order valence-electron chi connectivity index (χ4n) is 2.38. The van der Waals surface area contributed by atoms with E-state index in [0.29, 0.717) is 5.39 Å². The third-order valence-corrected chi connectivity index (χ3v) is 3.38. The van der Waals surface area contributed by atoms with Crippen LogP contribution in [0.1, 0.15) is 31.1 Å². The molecule has 0 saturated heterocycles. The fourth-order valence-corrected chi connectivity index (χ4v) is 2.38. The number of amides is 1. The third-order valence-electron chi connectivity index (χ3n) is 3.38. The smallest absolute Gasteiger partial charge is 0.255 e. The van der Waals surface area contributed by atoms with Crippen LogP contribution < -0.4 is 5.56 Å². The number of aliphatic hydroxyl groups excluding tert-OH is 1. The molecule has 0 aliphatic heterocycles. The Bertz CT molecular complexity index is 753. The summed E-state index contributed by atoms with van der Waals surface area (Å²) >= 11 is 0. The van der Waals surface area contributed by atoms with Gasteiger partial charge in [-0.15, -0.1) is 0 Å². The molecule has 2 N–H and O–H groups in total. The number of pyridine rings is 1. The van der Waals surface area contributed by atoms with Crippen molar-refractivity contribution in [2.45, 2.75) is 32.9 Å². The Balaban J connectivity index is 2.57. The van der Waals surface area contributed by atoms with E-state index in [-0.39, 0.29) is 29.6 Å². The molecule has 2 aromatic rings. The Morgan fingerprint density at radius 1 is 1.32 bits per heavy atom. The Kier molecular flexibility index (Phi) is 4.61. The number of H-pyrrole nitrogens is 1. The predicted octanol–water partition coefficient (Wildman–Crippen LogP) is 1.90. The van der Waals surface area contributed by atoms with E-state index in [4.69, 9.17) is 0 Å². The van der Waals surface area contributed by atoms with Crippen molar-refractivity contribution in [2.24, 2.45) is 0 Å². The number of aliphatic hydroxyl groups is 1. The van der Waals surface area contributed by atoms with Crippen LogP contribution in [0.25, 0.3) is 10.9 Å². The van der Waals surface area contributed by atoms with Crippen molar-refractivity contribution in [3.8, 4) is 0 Å². The Morgan fingerprint density at radius 2 is 2.00 bits per heavy atom. The number of halogens is 1. The molecule has 0 aliphatic rings. The van der Waals surface area contributed by atoms with Crippen LogP contribution in [-0.2, 0) is 0 Å². The van der Waals surface area contributed by atoms with Crippen molar-refractivity contribution < 1.29 is 14.3 Å². The van der Waals surface area contributed by atoms with E-state index in [2.05, 4.69) is 4.98 Å². The largest absolute Gasteiger partial charge is 0.392 e. The van der Waals surface area contributed by atoms with Gasteiger partial charge >= 0.3 is 0 Å². The summed E-state index contributed by atoms with van der Waals surface area (Å²) in [6.45, 7) is 5.41. The number of fused-ring (bicyclic) bond motifs is 1. The molecule has 1 aromatic heterocycles. The Hall–Kier alpha value is -2.21. The summed E-state index contributed by atoms with van der Waals surface area (Å²) in [6.07, 6.45) is -0.683. The Labute approximate surface area is 127 Å². The van der Waals surface area contributed by atoms with Gasteiger partial charge < -0.3 is 15.0 Å². The summed E-state index contributed by atoms with van der Waals surface area (Å²) in [7, 11) is 0. The molecule has 2 rings (SSSR count). The highest BCUT2D eigenvalue weighted by Gasteiger charge is 2.22.